The van der Waals surface area contributed by atoms with Crippen LogP contribution in [0.4, 0.5) is 0 Å². The van der Waals surface area contributed by atoms with Crippen molar-refractivity contribution in [3.63, 3.8) is 0 Å². The molecule has 1 aliphatic heterocycles. The maximum atomic E-state index is 12.5. The maximum absolute atomic E-state index is 12.5. The summed E-state index contributed by atoms with van der Waals surface area (Å²) in [6, 6.07) is 7.95. The summed E-state index contributed by atoms with van der Waals surface area (Å²) < 4.78 is 0. The fraction of sp³-hybridized carbons (Fsp3) is 0.375. The third-order valence-electron chi connectivity index (χ3n) is 3.84. The van der Waals surface area contributed by atoms with Crippen molar-refractivity contribution in [3.8, 4) is 0 Å². The first kappa shape index (κ1) is 13.1. The molecule has 1 atom stereocenters. The molecule has 2 aromatic rings. The third kappa shape index (κ3) is 2.27. The molecule has 1 saturated heterocycles. The number of fused-ring (bicyclic) bond motifs is 1. The summed E-state index contributed by atoms with van der Waals surface area (Å²) >= 11 is 0. The quantitative estimate of drug-likeness (QED) is 0.863. The van der Waals surface area contributed by atoms with E-state index < -0.39 is 6.10 Å². The van der Waals surface area contributed by atoms with Gasteiger partial charge in [0, 0.05) is 18.5 Å². The molecule has 104 valence electrons. The number of likely N-dealkylation sites (tertiary alicyclic amines) is 1. The standard InChI is InChI=1S/C16H18N2O2/c1-10-3-4-15-12(7-10)8-14(11(2)17-15)16(20)18-6-5-13(19)9-18/h3-4,7-8,13,19H,5-6,9H2,1-2H3/t13-/m1/s1. The van der Waals surface area contributed by atoms with Crippen LogP contribution < -0.4 is 0 Å². The van der Waals surface area contributed by atoms with Gasteiger partial charge in [0.05, 0.1) is 22.9 Å². The van der Waals surface area contributed by atoms with Gasteiger partial charge in [0.25, 0.3) is 5.91 Å². The first-order valence-corrected chi connectivity index (χ1v) is 6.90. The van der Waals surface area contributed by atoms with Crippen LogP contribution in [0.25, 0.3) is 10.9 Å². The zero-order valence-electron chi connectivity index (χ0n) is 11.8. The molecule has 2 heterocycles. The van der Waals surface area contributed by atoms with Crippen LogP contribution in [0.2, 0.25) is 0 Å². The summed E-state index contributed by atoms with van der Waals surface area (Å²) in [5.74, 6) is -0.0324. The lowest BCUT2D eigenvalue weighted by Crippen LogP contribution is -2.30. The summed E-state index contributed by atoms with van der Waals surface area (Å²) in [6.45, 7) is 4.92. The van der Waals surface area contributed by atoms with Crippen molar-refractivity contribution < 1.29 is 9.90 Å². The van der Waals surface area contributed by atoms with Crippen LogP contribution in [0, 0.1) is 13.8 Å². The average molecular weight is 270 g/mol. The van der Waals surface area contributed by atoms with E-state index in [2.05, 4.69) is 4.98 Å². The van der Waals surface area contributed by atoms with Gasteiger partial charge in [-0.1, -0.05) is 11.6 Å². The fourth-order valence-corrected chi connectivity index (χ4v) is 2.71. The van der Waals surface area contributed by atoms with Crippen molar-refractivity contribution in [1.29, 1.82) is 0 Å². The van der Waals surface area contributed by atoms with Crippen LogP contribution in [-0.2, 0) is 0 Å². The second-order valence-corrected chi connectivity index (χ2v) is 5.51. The summed E-state index contributed by atoms with van der Waals surface area (Å²) in [4.78, 5) is 18.7. The Morgan fingerprint density at radius 2 is 2.15 bits per heavy atom. The van der Waals surface area contributed by atoms with Gasteiger partial charge in [-0.25, -0.2) is 0 Å². The van der Waals surface area contributed by atoms with E-state index in [-0.39, 0.29) is 5.91 Å². The molecule has 1 amide bonds. The van der Waals surface area contributed by atoms with E-state index in [9.17, 15) is 9.90 Å². The van der Waals surface area contributed by atoms with E-state index in [1.165, 1.54) is 0 Å². The lowest BCUT2D eigenvalue weighted by atomic mass is 10.1. The van der Waals surface area contributed by atoms with Gasteiger partial charge >= 0.3 is 0 Å². The van der Waals surface area contributed by atoms with Crippen LogP contribution in [0.5, 0.6) is 0 Å². The molecular weight excluding hydrogens is 252 g/mol. The van der Waals surface area contributed by atoms with Gasteiger partial charge in [-0.3, -0.25) is 9.78 Å². The molecule has 3 rings (SSSR count). The second-order valence-electron chi connectivity index (χ2n) is 5.51. The Morgan fingerprint density at radius 3 is 2.85 bits per heavy atom. The van der Waals surface area contributed by atoms with Gasteiger partial charge in [-0.15, -0.1) is 0 Å². The molecule has 1 fully saturated rings. The summed E-state index contributed by atoms with van der Waals surface area (Å²) in [6.07, 6.45) is 0.264. The lowest BCUT2D eigenvalue weighted by Gasteiger charge is -2.17. The highest BCUT2D eigenvalue weighted by molar-refractivity contribution is 5.98. The van der Waals surface area contributed by atoms with Crippen LogP contribution in [0.3, 0.4) is 0 Å². The van der Waals surface area contributed by atoms with Gasteiger partial charge in [-0.05, 0) is 38.5 Å². The monoisotopic (exact) mass is 270 g/mol. The van der Waals surface area contributed by atoms with E-state index in [0.29, 0.717) is 25.1 Å². The van der Waals surface area contributed by atoms with Crippen molar-refractivity contribution in [1.82, 2.24) is 9.88 Å². The number of nitrogens with zero attached hydrogens (tertiary/aromatic N) is 2. The Bertz CT molecular complexity index is 681. The molecule has 0 aliphatic carbocycles. The number of rotatable bonds is 1. The Balaban J connectivity index is 2.02. The molecule has 0 bridgehead atoms. The molecule has 0 spiro atoms. The molecule has 1 aromatic carbocycles. The zero-order valence-corrected chi connectivity index (χ0v) is 11.8. The largest absolute Gasteiger partial charge is 0.391 e. The molecule has 0 unspecified atom stereocenters. The number of amides is 1. The number of hydrogen-bond donors (Lipinski definition) is 1. The number of aliphatic hydroxyl groups excluding tert-OH is 1. The Morgan fingerprint density at radius 1 is 1.35 bits per heavy atom. The highest BCUT2D eigenvalue weighted by atomic mass is 16.3. The number of β-amino-alcohol motifs (C(OH)–C–C–N with tert-alkyl or cyclic N) is 1. The molecule has 1 N–H and O–H groups in total. The SMILES string of the molecule is Cc1ccc2nc(C)c(C(=O)N3CC[C@@H](O)C3)cc2c1. The van der Waals surface area contributed by atoms with E-state index in [0.717, 1.165) is 22.2 Å². The van der Waals surface area contributed by atoms with Gasteiger partial charge in [0.2, 0.25) is 0 Å². The van der Waals surface area contributed by atoms with Crippen molar-refractivity contribution in [2.75, 3.05) is 13.1 Å². The second kappa shape index (κ2) is 4.87. The zero-order chi connectivity index (χ0) is 14.3. The van der Waals surface area contributed by atoms with Gasteiger partial charge in [0.15, 0.2) is 0 Å². The molecular formula is C16H18N2O2. The van der Waals surface area contributed by atoms with Crippen molar-refractivity contribution in [2.45, 2.75) is 26.4 Å². The Kier molecular flexibility index (Phi) is 3.18. The molecule has 0 radical (unpaired) electrons. The number of aliphatic hydroxyl groups is 1. The van der Waals surface area contributed by atoms with Crippen LogP contribution in [0.1, 0.15) is 28.0 Å². The van der Waals surface area contributed by atoms with Crippen LogP contribution >= 0.6 is 0 Å². The fourth-order valence-electron chi connectivity index (χ4n) is 2.71. The highest BCUT2D eigenvalue weighted by Gasteiger charge is 2.26. The molecule has 4 heteroatoms. The van der Waals surface area contributed by atoms with E-state index >= 15 is 0 Å². The highest BCUT2D eigenvalue weighted by Crippen LogP contribution is 2.21. The number of hydrogen-bond acceptors (Lipinski definition) is 3. The number of carbonyl (C=O) groups excluding carboxylic acids is 1. The van der Waals surface area contributed by atoms with Crippen LogP contribution in [0.15, 0.2) is 24.3 Å². The molecule has 0 saturated carbocycles. The first-order valence-electron chi connectivity index (χ1n) is 6.90. The van der Waals surface area contributed by atoms with Gasteiger partial charge < -0.3 is 10.0 Å². The van der Waals surface area contributed by atoms with E-state index in [4.69, 9.17) is 0 Å². The third-order valence-corrected chi connectivity index (χ3v) is 3.84. The van der Waals surface area contributed by atoms with E-state index in [1.54, 1.807) is 4.90 Å². The van der Waals surface area contributed by atoms with Crippen molar-refractivity contribution >= 4 is 16.8 Å². The first-order chi connectivity index (χ1) is 9.54. The minimum atomic E-state index is -0.394. The molecule has 1 aromatic heterocycles. The average Bonchev–Trinajstić information content (AvgIpc) is 2.84. The minimum Gasteiger partial charge on any atom is -0.391 e. The summed E-state index contributed by atoms with van der Waals surface area (Å²) in [7, 11) is 0. The molecule has 20 heavy (non-hydrogen) atoms. The number of carbonyl (C=O) groups is 1. The normalized spacial score (nSPS) is 18.8. The molecule has 1 aliphatic rings. The van der Waals surface area contributed by atoms with E-state index in [1.807, 2.05) is 38.1 Å². The minimum absolute atomic E-state index is 0.0324. The van der Waals surface area contributed by atoms with Crippen LogP contribution in [-0.4, -0.2) is 40.1 Å². The number of benzene rings is 1. The number of pyridine rings is 1. The Labute approximate surface area is 118 Å². The van der Waals surface area contributed by atoms with Gasteiger partial charge in [0.1, 0.15) is 0 Å². The topological polar surface area (TPSA) is 53.4 Å². The predicted molar refractivity (Wildman–Crippen MR) is 77.7 cm³/mol. The smallest absolute Gasteiger partial charge is 0.255 e. The number of aryl methyl sites for hydroxylation is 2. The van der Waals surface area contributed by atoms with Crippen molar-refractivity contribution in [2.24, 2.45) is 0 Å². The summed E-state index contributed by atoms with van der Waals surface area (Å²) in [5.41, 5.74) is 3.44. The Hall–Kier alpha value is -1.94. The van der Waals surface area contributed by atoms with Crippen molar-refractivity contribution in [3.05, 3.63) is 41.1 Å². The maximum Gasteiger partial charge on any atom is 0.255 e. The molecule has 4 nitrogen and oxygen atoms in total. The number of aromatic nitrogens is 1. The predicted octanol–water partition coefficient (Wildman–Crippen LogP) is 2.06. The summed E-state index contributed by atoms with van der Waals surface area (Å²) in [5, 5.41) is 10.5. The lowest BCUT2D eigenvalue weighted by molar-refractivity contribution is 0.0764. The van der Waals surface area contributed by atoms with Gasteiger partial charge in [-0.2, -0.15) is 0 Å².